The number of hydrogen-bond acceptors (Lipinski definition) is 4. The fourth-order valence-electron chi connectivity index (χ4n) is 2.21. The van der Waals surface area contributed by atoms with Gasteiger partial charge in [-0.2, -0.15) is 0 Å². The van der Waals surface area contributed by atoms with Crippen LogP contribution in [0.2, 0.25) is 0 Å². The van der Waals surface area contributed by atoms with E-state index in [4.69, 9.17) is 21.4 Å². The SMILES string of the molecule is COc1ncccc1NC(=S)NCc1ccc(-c2ccccc2)o1. The van der Waals surface area contributed by atoms with E-state index in [2.05, 4.69) is 15.6 Å². The van der Waals surface area contributed by atoms with Crippen LogP contribution in [0.3, 0.4) is 0 Å². The van der Waals surface area contributed by atoms with E-state index < -0.39 is 0 Å². The van der Waals surface area contributed by atoms with Gasteiger partial charge in [0.05, 0.1) is 13.7 Å². The van der Waals surface area contributed by atoms with E-state index in [1.165, 1.54) is 0 Å². The minimum absolute atomic E-state index is 0.471. The molecule has 122 valence electrons. The highest BCUT2D eigenvalue weighted by atomic mass is 32.1. The molecule has 0 unspecified atom stereocenters. The van der Waals surface area contributed by atoms with Crippen molar-refractivity contribution in [2.75, 3.05) is 12.4 Å². The second kappa shape index (κ2) is 7.61. The predicted molar refractivity (Wildman–Crippen MR) is 98.0 cm³/mol. The average molecular weight is 339 g/mol. The Hall–Kier alpha value is -2.86. The first-order valence-corrected chi connectivity index (χ1v) is 7.85. The zero-order chi connectivity index (χ0) is 16.8. The molecule has 6 heteroatoms. The van der Waals surface area contributed by atoms with Crippen LogP contribution in [0.15, 0.2) is 65.2 Å². The van der Waals surface area contributed by atoms with Crippen LogP contribution in [0.4, 0.5) is 5.69 Å². The largest absolute Gasteiger partial charge is 0.480 e. The Labute approximate surface area is 145 Å². The molecule has 0 radical (unpaired) electrons. The maximum absolute atomic E-state index is 5.83. The van der Waals surface area contributed by atoms with Gasteiger partial charge in [0.1, 0.15) is 17.2 Å². The summed E-state index contributed by atoms with van der Waals surface area (Å²) in [5.41, 5.74) is 1.76. The van der Waals surface area contributed by atoms with Gasteiger partial charge in [-0.3, -0.25) is 0 Å². The molecule has 24 heavy (non-hydrogen) atoms. The molecule has 0 saturated heterocycles. The summed E-state index contributed by atoms with van der Waals surface area (Å²) >= 11 is 5.30. The van der Waals surface area contributed by atoms with Crippen molar-refractivity contribution in [2.45, 2.75) is 6.54 Å². The van der Waals surface area contributed by atoms with E-state index in [-0.39, 0.29) is 0 Å². The van der Waals surface area contributed by atoms with Crippen molar-refractivity contribution in [3.63, 3.8) is 0 Å². The van der Waals surface area contributed by atoms with Crippen LogP contribution >= 0.6 is 12.2 Å². The second-order valence-electron chi connectivity index (χ2n) is 5.00. The molecule has 0 amide bonds. The summed E-state index contributed by atoms with van der Waals surface area (Å²) in [5, 5.41) is 6.64. The molecule has 0 fully saturated rings. The molecule has 1 aromatic carbocycles. The second-order valence-corrected chi connectivity index (χ2v) is 5.41. The number of pyridine rings is 1. The first-order valence-electron chi connectivity index (χ1n) is 7.44. The summed E-state index contributed by atoms with van der Waals surface area (Å²) in [4.78, 5) is 4.11. The van der Waals surface area contributed by atoms with E-state index in [0.717, 1.165) is 17.1 Å². The number of aromatic nitrogens is 1. The van der Waals surface area contributed by atoms with Gasteiger partial charge in [0.2, 0.25) is 5.88 Å². The molecule has 0 aliphatic rings. The van der Waals surface area contributed by atoms with Crippen LogP contribution in [0.1, 0.15) is 5.76 Å². The van der Waals surface area contributed by atoms with Gasteiger partial charge in [-0.25, -0.2) is 4.98 Å². The number of nitrogens with zero attached hydrogens (tertiary/aromatic N) is 1. The van der Waals surface area contributed by atoms with Gasteiger partial charge in [0, 0.05) is 11.8 Å². The number of ether oxygens (including phenoxy) is 1. The fraction of sp³-hybridized carbons (Fsp3) is 0.111. The van der Waals surface area contributed by atoms with E-state index >= 15 is 0 Å². The molecule has 0 aliphatic carbocycles. The molecule has 2 aromatic heterocycles. The lowest BCUT2D eigenvalue weighted by Crippen LogP contribution is -2.28. The zero-order valence-electron chi connectivity index (χ0n) is 13.2. The third kappa shape index (κ3) is 3.91. The number of anilines is 1. The molecule has 3 rings (SSSR count). The van der Waals surface area contributed by atoms with Crippen LogP contribution in [-0.2, 0) is 6.54 Å². The highest BCUT2D eigenvalue weighted by Crippen LogP contribution is 2.22. The van der Waals surface area contributed by atoms with Gasteiger partial charge in [-0.1, -0.05) is 30.3 Å². The van der Waals surface area contributed by atoms with Gasteiger partial charge in [-0.15, -0.1) is 0 Å². The van der Waals surface area contributed by atoms with E-state index in [1.54, 1.807) is 13.3 Å². The molecule has 0 bridgehead atoms. The fourth-order valence-corrected chi connectivity index (χ4v) is 2.40. The summed E-state index contributed by atoms with van der Waals surface area (Å²) in [6.45, 7) is 0.487. The average Bonchev–Trinajstić information content (AvgIpc) is 3.10. The molecule has 5 nitrogen and oxygen atoms in total. The Balaban J connectivity index is 1.58. The van der Waals surface area contributed by atoms with Gasteiger partial charge < -0.3 is 19.8 Å². The van der Waals surface area contributed by atoms with Crippen molar-refractivity contribution in [2.24, 2.45) is 0 Å². The molecule has 0 saturated carbocycles. The molecular weight excluding hydrogens is 322 g/mol. The van der Waals surface area contributed by atoms with Crippen molar-refractivity contribution in [3.05, 3.63) is 66.6 Å². The van der Waals surface area contributed by atoms with Gasteiger partial charge in [-0.05, 0) is 36.5 Å². The molecule has 2 heterocycles. The van der Waals surface area contributed by atoms with Gasteiger partial charge in [0.25, 0.3) is 0 Å². The summed E-state index contributed by atoms with van der Waals surface area (Å²) in [6.07, 6.45) is 1.66. The van der Waals surface area contributed by atoms with Crippen LogP contribution in [-0.4, -0.2) is 17.2 Å². The summed E-state index contributed by atoms with van der Waals surface area (Å²) < 4.78 is 11.0. The first-order chi connectivity index (χ1) is 11.8. The lowest BCUT2D eigenvalue weighted by Gasteiger charge is -2.11. The van der Waals surface area contributed by atoms with Gasteiger partial charge in [0.15, 0.2) is 5.11 Å². The third-order valence-corrected chi connectivity index (χ3v) is 3.60. The smallest absolute Gasteiger partial charge is 0.237 e. The number of rotatable bonds is 5. The van der Waals surface area contributed by atoms with Gasteiger partial charge >= 0.3 is 0 Å². The highest BCUT2D eigenvalue weighted by Gasteiger charge is 2.07. The van der Waals surface area contributed by atoms with Crippen LogP contribution in [0.25, 0.3) is 11.3 Å². The Bertz CT molecular complexity index is 818. The topological polar surface area (TPSA) is 59.3 Å². The minimum atomic E-state index is 0.471. The molecule has 0 aliphatic heterocycles. The van der Waals surface area contributed by atoms with Crippen LogP contribution < -0.4 is 15.4 Å². The third-order valence-electron chi connectivity index (χ3n) is 3.36. The number of furan rings is 1. The Morgan fingerprint density at radius 3 is 2.75 bits per heavy atom. The lowest BCUT2D eigenvalue weighted by atomic mass is 10.2. The minimum Gasteiger partial charge on any atom is -0.480 e. The summed E-state index contributed by atoms with van der Waals surface area (Å²) in [7, 11) is 1.57. The normalized spacial score (nSPS) is 10.2. The van der Waals surface area contributed by atoms with Crippen molar-refractivity contribution in [1.82, 2.24) is 10.3 Å². The first kappa shape index (κ1) is 16.0. The Morgan fingerprint density at radius 1 is 1.12 bits per heavy atom. The van der Waals surface area contributed by atoms with Crippen molar-refractivity contribution >= 4 is 23.0 Å². The number of thiocarbonyl (C=S) groups is 1. The standard InChI is InChI=1S/C18H17N3O2S/c1-22-17-15(8-5-11-19-17)21-18(24)20-12-14-9-10-16(23-14)13-6-3-2-4-7-13/h2-11H,12H2,1H3,(H2,20,21,24). The van der Waals surface area contributed by atoms with Crippen LogP contribution in [0.5, 0.6) is 5.88 Å². The number of nitrogens with one attached hydrogen (secondary N) is 2. The van der Waals surface area contributed by atoms with Crippen LogP contribution in [0, 0.1) is 0 Å². The quantitative estimate of drug-likeness (QED) is 0.689. The van der Waals surface area contributed by atoms with Crippen molar-refractivity contribution < 1.29 is 9.15 Å². The molecular formula is C18H17N3O2S. The van der Waals surface area contributed by atoms with E-state index in [0.29, 0.717) is 23.2 Å². The number of hydrogen-bond donors (Lipinski definition) is 2. The highest BCUT2D eigenvalue weighted by molar-refractivity contribution is 7.80. The lowest BCUT2D eigenvalue weighted by molar-refractivity contribution is 0.400. The molecule has 0 spiro atoms. The monoisotopic (exact) mass is 339 g/mol. The maximum Gasteiger partial charge on any atom is 0.237 e. The Kier molecular flexibility index (Phi) is 5.08. The molecule has 2 N–H and O–H groups in total. The molecule has 3 aromatic rings. The number of methoxy groups -OCH3 is 1. The zero-order valence-corrected chi connectivity index (χ0v) is 14.0. The number of benzene rings is 1. The predicted octanol–water partition coefficient (Wildman–Crippen LogP) is 3.84. The molecule has 0 atom stereocenters. The summed E-state index contributed by atoms with van der Waals surface area (Å²) in [6, 6.07) is 17.5. The van der Waals surface area contributed by atoms with E-state index in [1.807, 2.05) is 54.6 Å². The summed E-state index contributed by atoms with van der Waals surface area (Å²) in [5.74, 6) is 2.13. The van der Waals surface area contributed by atoms with E-state index in [9.17, 15) is 0 Å². The maximum atomic E-state index is 5.83. The van der Waals surface area contributed by atoms with Crippen molar-refractivity contribution in [3.8, 4) is 17.2 Å². The van der Waals surface area contributed by atoms with Crippen molar-refractivity contribution in [1.29, 1.82) is 0 Å². The Morgan fingerprint density at radius 2 is 1.96 bits per heavy atom.